The Balaban J connectivity index is 1.70. The van der Waals surface area contributed by atoms with Crippen molar-refractivity contribution in [3.8, 4) is 6.07 Å². The molecule has 0 fully saturated rings. The second-order valence-corrected chi connectivity index (χ2v) is 6.50. The highest BCUT2D eigenvalue weighted by Crippen LogP contribution is 2.28. The number of nitriles is 1. The molecule has 1 aliphatic rings. The molecule has 0 saturated heterocycles. The van der Waals surface area contributed by atoms with Gasteiger partial charge in [-0.25, -0.2) is 4.79 Å². The van der Waals surface area contributed by atoms with Gasteiger partial charge in [0.25, 0.3) is 5.91 Å². The van der Waals surface area contributed by atoms with E-state index in [0.717, 1.165) is 28.8 Å². The van der Waals surface area contributed by atoms with E-state index < -0.39 is 12.1 Å². The predicted octanol–water partition coefficient (Wildman–Crippen LogP) is 3.42. The van der Waals surface area contributed by atoms with Crippen molar-refractivity contribution in [3.05, 3.63) is 70.8 Å². The third-order valence-corrected chi connectivity index (χ3v) is 4.51. The molecule has 0 spiro atoms. The Morgan fingerprint density at radius 3 is 2.59 bits per heavy atom. The summed E-state index contributed by atoms with van der Waals surface area (Å²) >= 11 is 0. The second kappa shape index (κ2) is 7.88. The Hall–Kier alpha value is -3.39. The van der Waals surface area contributed by atoms with Gasteiger partial charge in [-0.05, 0) is 43.5 Å². The van der Waals surface area contributed by atoms with Crippen molar-refractivity contribution in [2.45, 2.75) is 26.4 Å². The minimum Gasteiger partial charge on any atom is -0.448 e. The van der Waals surface area contributed by atoms with Crippen molar-refractivity contribution in [2.75, 3.05) is 11.4 Å². The van der Waals surface area contributed by atoms with Gasteiger partial charge in [-0.3, -0.25) is 4.79 Å². The Labute approximate surface area is 158 Å². The van der Waals surface area contributed by atoms with E-state index in [1.54, 1.807) is 4.90 Å². The van der Waals surface area contributed by atoms with Crippen LogP contribution < -0.4 is 4.90 Å². The number of carbonyl (C=O) groups excluding carboxylic acids is 2. The Morgan fingerprint density at radius 2 is 1.89 bits per heavy atom. The van der Waals surface area contributed by atoms with Crippen LogP contribution in [0.1, 0.15) is 23.6 Å². The number of nitrogens with zero attached hydrogens (tertiary/aromatic N) is 2. The maximum absolute atomic E-state index is 12.7. The van der Waals surface area contributed by atoms with E-state index in [2.05, 4.69) is 0 Å². The summed E-state index contributed by atoms with van der Waals surface area (Å²) in [6.45, 7) is 4.04. The van der Waals surface area contributed by atoms with E-state index >= 15 is 0 Å². The van der Waals surface area contributed by atoms with Crippen LogP contribution in [-0.4, -0.2) is 24.5 Å². The largest absolute Gasteiger partial charge is 0.448 e. The van der Waals surface area contributed by atoms with Crippen molar-refractivity contribution in [2.24, 2.45) is 0 Å². The normalized spacial score (nSPS) is 14.3. The molecule has 0 unspecified atom stereocenters. The summed E-state index contributed by atoms with van der Waals surface area (Å²) in [4.78, 5) is 26.7. The maximum atomic E-state index is 12.7. The lowest BCUT2D eigenvalue weighted by Gasteiger charge is -2.21. The number of fused-ring (bicyclic) bond motifs is 1. The SMILES string of the molecule is Cc1ccc(/C=C(\C#N)C(=O)O[C@H](C)C(=O)N2CCc3ccccc32)cc1. The fourth-order valence-corrected chi connectivity index (χ4v) is 3.03. The summed E-state index contributed by atoms with van der Waals surface area (Å²) in [7, 11) is 0. The van der Waals surface area contributed by atoms with Gasteiger partial charge in [-0.2, -0.15) is 5.26 Å². The molecule has 0 bridgehead atoms. The standard InChI is InChI=1S/C22H20N2O3/c1-15-7-9-17(10-8-15)13-19(14-23)22(26)27-16(2)21(25)24-12-11-18-5-3-4-6-20(18)24/h3-10,13,16H,11-12H2,1-2H3/b19-13+/t16-/m1/s1. The Morgan fingerprint density at radius 1 is 1.19 bits per heavy atom. The summed E-state index contributed by atoms with van der Waals surface area (Å²) in [6.07, 6.45) is 1.27. The van der Waals surface area contributed by atoms with Crippen molar-refractivity contribution in [1.82, 2.24) is 0 Å². The topological polar surface area (TPSA) is 70.4 Å². The van der Waals surface area contributed by atoms with E-state index in [1.807, 2.05) is 61.5 Å². The predicted molar refractivity (Wildman–Crippen MR) is 103 cm³/mol. The average Bonchev–Trinajstić information content (AvgIpc) is 3.10. The number of hydrogen-bond acceptors (Lipinski definition) is 4. The number of para-hydroxylation sites is 1. The van der Waals surface area contributed by atoms with Crippen LogP contribution in [0.2, 0.25) is 0 Å². The van der Waals surface area contributed by atoms with Crippen LogP contribution in [0, 0.1) is 18.3 Å². The first-order valence-electron chi connectivity index (χ1n) is 8.78. The van der Waals surface area contributed by atoms with Crippen LogP contribution >= 0.6 is 0 Å². The van der Waals surface area contributed by atoms with Gasteiger partial charge < -0.3 is 9.64 Å². The molecule has 1 aliphatic heterocycles. The number of amides is 1. The van der Waals surface area contributed by atoms with Gasteiger partial charge in [0.05, 0.1) is 0 Å². The first-order valence-corrected chi connectivity index (χ1v) is 8.78. The zero-order chi connectivity index (χ0) is 19.4. The fourth-order valence-electron chi connectivity index (χ4n) is 3.03. The summed E-state index contributed by atoms with van der Waals surface area (Å²) < 4.78 is 5.27. The number of rotatable bonds is 4. The lowest BCUT2D eigenvalue weighted by atomic mass is 10.1. The van der Waals surface area contributed by atoms with E-state index in [1.165, 1.54) is 13.0 Å². The molecular formula is C22H20N2O3. The number of esters is 1. The van der Waals surface area contributed by atoms with Gasteiger partial charge in [0.15, 0.2) is 6.10 Å². The summed E-state index contributed by atoms with van der Waals surface area (Å²) in [5.41, 5.74) is 3.61. The van der Waals surface area contributed by atoms with Gasteiger partial charge in [-0.1, -0.05) is 48.0 Å². The summed E-state index contributed by atoms with van der Waals surface area (Å²) in [5, 5.41) is 9.29. The van der Waals surface area contributed by atoms with Gasteiger partial charge in [-0.15, -0.1) is 0 Å². The third kappa shape index (κ3) is 4.06. The number of hydrogen-bond donors (Lipinski definition) is 0. The summed E-state index contributed by atoms with van der Waals surface area (Å²) in [5.74, 6) is -1.09. The molecule has 0 aromatic heterocycles. The fraction of sp³-hybridized carbons (Fsp3) is 0.227. The van der Waals surface area contributed by atoms with Crippen molar-refractivity contribution >= 4 is 23.6 Å². The number of benzene rings is 2. The van der Waals surface area contributed by atoms with E-state index in [-0.39, 0.29) is 11.5 Å². The van der Waals surface area contributed by atoms with E-state index in [0.29, 0.717) is 6.54 Å². The highest BCUT2D eigenvalue weighted by Gasteiger charge is 2.30. The lowest BCUT2D eigenvalue weighted by molar-refractivity contribution is -0.149. The smallest absolute Gasteiger partial charge is 0.349 e. The molecule has 27 heavy (non-hydrogen) atoms. The second-order valence-electron chi connectivity index (χ2n) is 6.50. The molecule has 1 heterocycles. The highest BCUT2D eigenvalue weighted by atomic mass is 16.5. The van der Waals surface area contributed by atoms with Crippen LogP contribution in [0.4, 0.5) is 5.69 Å². The monoisotopic (exact) mass is 360 g/mol. The number of aryl methyl sites for hydroxylation is 1. The lowest BCUT2D eigenvalue weighted by Crippen LogP contribution is -2.39. The molecule has 0 aliphatic carbocycles. The molecular weight excluding hydrogens is 340 g/mol. The van der Waals surface area contributed by atoms with Crippen LogP contribution in [-0.2, 0) is 20.7 Å². The average molecular weight is 360 g/mol. The Kier molecular flexibility index (Phi) is 5.37. The van der Waals surface area contributed by atoms with E-state index in [9.17, 15) is 14.9 Å². The van der Waals surface area contributed by atoms with Crippen LogP contribution in [0.5, 0.6) is 0 Å². The highest BCUT2D eigenvalue weighted by molar-refractivity contribution is 6.02. The molecule has 3 rings (SSSR count). The number of carbonyl (C=O) groups is 2. The van der Waals surface area contributed by atoms with Gasteiger partial charge in [0.1, 0.15) is 11.6 Å². The first-order chi connectivity index (χ1) is 13.0. The zero-order valence-corrected chi connectivity index (χ0v) is 15.3. The van der Waals surface area contributed by atoms with Crippen molar-refractivity contribution in [1.29, 1.82) is 5.26 Å². The molecule has 2 aromatic carbocycles. The molecule has 5 nitrogen and oxygen atoms in total. The Bertz CT molecular complexity index is 939. The quantitative estimate of drug-likeness (QED) is 0.476. The van der Waals surface area contributed by atoms with Crippen molar-refractivity contribution < 1.29 is 14.3 Å². The van der Waals surface area contributed by atoms with Crippen LogP contribution in [0.3, 0.4) is 0 Å². The van der Waals surface area contributed by atoms with Gasteiger partial charge >= 0.3 is 5.97 Å². The zero-order valence-electron chi connectivity index (χ0n) is 15.3. The van der Waals surface area contributed by atoms with Crippen LogP contribution in [0.15, 0.2) is 54.1 Å². The molecule has 0 N–H and O–H groups in total. The van der Waals surface area contributed by atoms with Crippen molar-refractivity contribution in [3.63, 3.8) is 0 Å². The molecule has 2 aromatic rings. The van der Waals surface area contributed by atoms with Gasteiger partial charge in [0, 0.05) is 12.2 Å². The molecule has 1 atom stereocenters. The number of ether oxygens (including phenoxy) is 1. The first kappa shape index (κ1) is 18.4. The van der Waals surface area contributed by atoms with Gasteiger partial charge in [0.2, 0.25) is 0 Å². The summed E-state index contributed by atoms with van der Waals surface area (Å²) in [6, 6.07) is 16.9. The molecule has 0 radical (unpaired) electrons. The van der Waals surface area contributed by atoms with Crippen LogP contribution in [0.25, 0.3) is 6.08 Å². The molecule has 5 heteroatoms. The maximum Gasteiger partial charge on any atom is 0.349 e. The minimum atomic E-state index is -0.974. The molecule has 1 amide bonds. The molecule has 136 valence electrons. The minimum absolute atomic E-state index is 0.139. The third-order valence-electron chi connectivity index (χ3n) is 4.51. The van der Waals surface area contributed by atoms with E-state index in [4.69, 9.17) is 4.74 Å². The number of anilines is 1. The molecule has 0 saturated carbocycles.